The molecule has 0 radical (unpaired) electrons. The summed E-state index contributed by atoms with van der Waals surface area (Å²) in [5.41, 5.74) is 6.52. The third-order valence-corrected chi connectivity index (χ3v) is 9.46. The summed E-state index contributed by atoms with van der Waals surface area (Å²) in [7, 11) is 0. The zero-order valence-electron chi connectivity index (χ0n) is 25.3. The molecule has 3 aromatic heterocycles. The molecule has 3 fully saturated rings. The molecule has 4 aromatic rings. The van der Waals surface area contributed by atoms with Crippen molar-refractivity contribution in [3.8, 4) is 0 Å². The molecular weight excluding hydrogens is 539 g/mol. The predicted molar refractivity (Wildman–Crippen MR) is 170 cm³/mol. The van der Waals surface area contributed by atoms with Crippen molar-refractivity contribution in [3.05, 3.63) is 93.5 Å². The van der Waals surface area contributed by atoms with E-state index in [2.05, 4.69) is 59.7 Å². The number of aromatic nitrogens is 3. The van der Waals surface area contributed by atoms with Crippen LogP contribution in [0.1, 0.15) is 67.1 Å². The fraction of sp³-hybridized carbons (Fsp3) is 0.457. The molecule has 3 aliphatic rings. The smallest absolute Gasteiger partial charge is 0.193 e. The second-order valence-corrected chi connectivity index (χ2v) is 12.7. The number of anilines is 2. The molecular formula is C35H41FN6O. The fourth-order valence-electron chi connectivity index (χ4n) is 6.99. The number of hydrogen-bond acceptors (Lipinski definition) is 6. The van der Waals surface area contributed by atoms with Crippen LogP contribution in [0.5, 0.6) is 0 Å². The van der Waals surface area contributed by atoms with Crippen molar-refractivity contribution in [2.75, 3.05) is 36.0 Å². The molecule has 0 spiro atoms. The first-order chi connectivity index (χ1) is 20.9. The van der Waals surface area contributed by atoms with Crippen molar-refractivity contribution in [1.82, 2.24) is 19.4 Å². The Morgan fingerprint density at radius 1 is 0.907 bits per heavy atom. The lowest BCUT2D eigenvalue weighted by molar-refractivity contribution is 0.158. The summed E-state index contributed by atoms with van der Waals surface area (Å²) in [6.07, 6.45) is 12.4. The van der Waals surface area contributed by atoms with Gasteiger partial charge in [-0.2, -0.15) is 0 Å². The van der Waals surface area contributed by atoms with Crippen molar-refractivity contribution in [3.63, 3.8) is 0 Å². The van der Waals surface area contributed by atoms with Crippen molar-refractivity contribution in [1.29, 1.82) is 0 Å². The van der Waals surface area contributed by atoms with Crippen LogP contribution in [-0.4, -0.2) is 51.7 Å². The molecule has 0 unspecified atom stereocenters. The maximum Gasteiger partial charge on any atom is 0.193 e. The fourth-order valence-corrected chi connectivity index (χ4v) is 6.99. The van der Waals surface area contributed by atoms with E-state index in [0.29, 0.717) is 23.7 Å². The molecule has 224 valence electrons. The van der Waals surface area contributed by atoms with Crippen LogP contribution < -0.4 is 15.2 Å². The Balaban J connectivity index is 1.25. The maximum atomic E-state index is 15.5. The molecule has 1 atom stereocenters. The van der Waals surface area contributed by atoms with Gasteiger partial charge in [-0.3, -0.25) is 19.7 Å². The second kappa shape index (κ2) is 11.7. The quantitative estimate of drug-likeness (QED) is 0.249. The Hall–Kier alpha value is -3.78. The molecule has 1 aromatic carbocycles. The summed E-state index contributed by atoms with van der Waals surface area (Å²) in [5.74, 6) is -0.287. The van der Waals surface area contributed by atoms with Gasteiger partial charge < -0.3 is 14.4 Å². The third kappa shape index (κ3) is 5.90. The molecule has 7 nitrogen and oxygen atoms in total. The van der Waals surface area contributed by atoms with Crippen molar-refractivity contribution < 1.29 is 4.39 Å². The molecule has 0 N–H and O–H groups in total. The average molecular weight is 581 g/mol. The van der Waals surface area contributed by atoms with E-state index in [4.69, 9.17) is 0 Å². The van der Waals surface area contributed by atoms with Gasteiger partial charge in [0, 0.05) is 86.1 Å². The molecule has 0 amide bonds. The van der Waals surface area contributed by atoms with Crippen LogP contribution in [0.3, 0.4) is 0 Å². The minimum absolute atomic E-state index is 0.0509. The largest absolute Gasteiger partial charge is 0.369 e. The maximum absolute atomic E-state index is 15.5. The first-order valence-electron chi connectivity index (χ1n) is 15.9. The monoisotopic (exact) mass is 580 g/mol. The number of rotatable bonds is 8. The highest BCUT2D eigenvalue weighted by molar-refractivity contribution is 5.84. The number of aryl methyl sites for hydroxylation is 2. The van der Waals surface area contributed by atoms with Crippen molar-refractivity contribution in [2.45, 2.75) is 77.5 Å². The van der Waals surface area contributed by atoms with E-state index in [0.717, 1.165) is 99.4 Å². The molecule has 2 saturated heterocycles. The van der Waals surface area contributed by atoms with Crippen LogP contribution >= 0.6 is 0 Å². The molecule has 1 saturated carbocycles. The van der Waals surface area contributed by atoms with E-state index in [1.165, 1.54) is 11.6 Å². The van der Waals surface area contributed by atoms with Crippen LogP contribution in [0.4, 0.5) is 15.8 Å². The van der Waals surface area contributed by atoms with E-state index in [1.807, 2.05) is 32.3 Å². The highest BCUT2D eigenvalue weighted by Gasteiger charge is 2.30. The van der Waals surface area contributed by atoms with Gasteiger partial charge in [0.15, 0.2) is 5.43 Å². The normalized spacial score (nSPS) is 19.1. The molecule has 0 bridgehead atoms. The van der Waals surface area contributed by atoms with E-state index >= 15 is 4.39 Å². The van der Waals surface area contributed by atoms with Gasteiger partial charge in [-0.1, -0.05) is 0 Å². The molecule has 7 rings (SSSR count). The molecule has 43 heavy (non-hydrogen) atoms. The van der Waals surface area contributed by atoms with Crippen molar-refractivity contribution in [2.24, 2.45) is 0 Å². The van der Waals surface area contributed by atoms with Gasteiger partial charge in [-0.15, -0.1) is 0 Å². The topological polar surface area (TPSA) is 57.5 Å². The number of fused-ring (bicyclic) bond motifs is 1. The lowest BCUT2D eigenvalue weighted by atomic mass is 10.0. The summed E-state index contributed by atoms with van der Waals surface area (Å²) in [4.78, 5) is 30.1. The van der Waals surface area contributed by atoms with Gasteiger partial charge in [0.05, 0.1) is 23.1 Å². The van der Waals surface area contributed by atoms with Crippen LogP contribution in [-0.2, 0) is 13.1 Å². The summed E-state index contributed by atoms with van der Waals surface area (Å²) in [6, 6.07) is 12.5. The lowest BCUT2D eigenvalue weighted by Crippen LogP contribution is -2.48. The lowest BCUT2D eigenvalue weighted by Gasteiger charge is -2.40. The Kier molecular flexibility index (Phi) is 7.63. The van der Waals surface area contributed by atoms with Crippen LogP contribution in [0, 0.1) is 19.7 Å². The number of pyridine rings is 3. The van der Waals surface area contributed by atoms with E-state index in [-0.39, 0.29) is 17.3 Å². The highest BCUT2D eigenvalue weighted by Crippen LogP contribution is 2.38. The van der Waals surface area contributed by atoms with E-state index < -0.39 is 0 Å². The summed E-state index contributed by atoms with van der Waals surface area (Å²) < 4.78 is 17.8. The van der Waals surface area contributed by atoms with Crippen LogP contribution in [0.2, 0.25) is 0 Å². The summed E-state index contributed by atoms with van der Waals surface area (Å²) >= 11 is 0. The van der Waals surface area contributed by atoms with E-state index in [9.17, 15) is 4.79 Å². The minimum Gasteiger partial charge on any atom is -0.369 e. The number of nitrogens with zero attached hydrogens (tertiary/aromatic N) is 6. The summed E-state index contributed by atoms with van der Waals surface area (Å²) in [5, 5.41) is 0.501. The first kappa shape index (κ1) is 28.0. The van der Waals surface area contributed by atoms with Crippen LogP contribution in [0.15, 0.2) is 59.8 Å². The zero-order chi connectivity index (χ0) is 29.5. The molecule has 5 heterocycles. The van der Waals surface area contributed by atoms with Gasteiger partial charge in [0.2, 0.25) is 0 Å². The van der Waals surface area contributed by atoms with Crippen molar-refractivity contribution >= 4 is 22.3 Å². The number of piperidine rings is 1. The molecule has 1 aliphatic carbocycles. The predicted octanol–water partition coefficient (Wildman–Crippen LogP) is 6.15. The highest BCUT2D eigenvalue weighted by atomic mass is 19.1. The molecule has 2 aliphatic heterocycles. The number of benzene rings is 1. The third-order valence-electron chi connectivity index (χ3n) is 9.46. The standard InChI is InChI=1S/C35H41FN6O/c1-24-7-8-29(19-38-24)40-15-5-6-30(23-40)41(20-26-11-12-37-25(2)16-26)21-27-22-42(28-9-10-28)33-18-34(39-13-3-4-14-39)32(36)17-31(33)35(27)43/h7-8,11-12,16-19,22,28,30H,3-6,9-10,13-15,20-21,23H2,1-2H3/t30-/m0/s1. The van der Waals surface area contributed by atoms with Crippen LogP contribution in [0.25, 0.3) is 10.9 Å². The number of hydrogen-bond donors (Lipinski definition) is 0. The minimum atomic E-state index is -0.287. The zero-order valence-corrected chi connectivity index (χ0v) is 25.3. The van der Waals surface area contributed by atoms with E-state index in [1.54, 1.807) is 0 Å². The van der Waals surface area contributed by atoms with Gasteiger partial charge >= 0.3 is 0 Å². The Bertz CT molecular complexity index is 1670. The van der Waals surface area contributed by atoms with Gasteiger partial charge in [0.1, 0.15) is 5.82 Å². The average Bonchev–Trinajstić information content (AvgIpc) is 3.71. The number of halogens is 1. The van der Waals surface area contributed by atoms with Gasteiger partial charge in [0.25, 0.3) is 0 Å². The Morgan fingerprint density at radius 3 is 2.47 bits per heavy atom. The molecule has 8 heteroatoms. The SMILES string of the molecule is Cc1ccc(N2CCC[C@H](N(Cc3ccnc(C)c3)Cc3cn(C4CC4)c4cc(N5CCCC5)c(F)cc4c3=O)C2)cn1. The van der Waals surface area contributed by atoms with Gasteiger partial charge in [-0.25, -0.2) is 4.39 Å². The van der Waals surface area contributed by atoms with Gasteiger partial charge in [-0.05, 0) is 94.3 Å². The Morgan fingerprint density at radius 2 is 1.72 bits per heavy atom. The second-order valence-electron chi connectivity index (χ2n) is 12.7. The Labute approximate surface area is 253 Å². The first-order valence-corrected chi connectivity index (χ1v) is 15.9. The summed E-state index contributed by atoms with van der Waals surface area (Å²) in [6.45, 7) is 8.87.